The molecule has 4 nitrogen and oxygen atoms in total. The highest BCUT2D eigenvalue weighted by molar-refractivity contribution is 8.00. The molecule has 1 aliphatic rings. The Morgan fingerprint density at radius 1 is 0.964 bits per heavy atom. The van der Waals surface area contributed by atoms with Crippen LogP contribution in [-0.2, 0) is 11.4 Å². The summed E-state index contributed by atoms with van der Waals surface area (Å²) in [6, 6.07) is 25.7. The van der Waals surface area contributed by atoms with Crippen molar-refractivity contribution in [3.63, 3.8) is 0 Å². The van der Waals surface area contributed by atoms with E-state index in [1.807, 2.05) is 83.8 Å². The van der Waals surface area contributed by atoms with Gasteiger partial charge in [0.25, 0.3) is 0 Å². The molecule has 0 unspecified atom stereocenters. The van der Waals surface area contributed by atoms with Gasteiger partial charge < -0.3 is 9.47 Å². The Bertz CT molecular complexity index is 944. The van der Waals surface area contributed by atoms with Crippen molar-refractivity contribution in [3.05, 3.63) is 90.0 Å². The van der Waals surface area contributed by atoms with Crippen LogP contribution in [0.25, 0.3) is 0 Å². The lowest BCUT2D eigenvalue weighted by atomic mass is 10.1. The van der Waals surface area contributed by atoms with E-state index in [9.17, 15) is 4.79 Å². The standard InChI is InChI=1S/C23H21NO3S/c1-26-21-9-5-8-19(14-21)24-22(25)16-28-23(24)18-10-12-20(13-11-18)27-15-17-6-3-2-4-7-17/h2-14,23H,15-16H2,1H3/t23-/m1/s1. The van der Waals surface area contributed by atoms with Crippen LogP contribution in [0.4, 0.5) is 5.69 Å². The molecule has 4 rings (SSSR count). The highest BCUT2D eigenvalue weighted by Crippen LogP contribution is 2.42. The van der Waals surface area contributed by atoms with E-state index < -0.39 is 0 Å². The first-order valence-electron chi connectivity index (χ1n) is 9.09. The molecule has 0 aromatic heterocycles. The predicted octanol–water partition coefficient (Wildman–Crippen LogP) is 5.05. The second kappa shape index (κ2) is 8.40. The van der Waals surface area contributed by atoms with Crippen LogP contribution >= 0.6 is 11.8 Å². The van der Waals surface area contributed by atoms with E-state index in [4.69, 9.17) is 9.47 Å². The van der Waals surface area contributed by atoms with Gasteiger partial charge in [-0.2, -0.15) is 0 Å². The smallest absolute Gasteiger partial charge is 0.238 e. The molecular weight excluding hydrogens is 370 g/mol. The number of amides is 1. The summed E-state index contributed by atoms with van der Waals surface area (Å²) in [5.41, 5.74) is 3.06. The normalized spacial score (nSPS) is 16.2. The first kappa shape index (κ1) is 18.4. The van der Waals surface area contributed by atoms with E-state index in [1.165, 1.54) is 0 Å². The fraction of sp³-hybridized carbons (Fsp3) is 0.174. The van der Waals surface area contributed by atoms with Gasteiger partial charge in [-0.25, -0.2) is 0 Å². The van der Waals surface area contributed by atoms with E-state index in [-0.39, 0.29) is 11.3 Å². The number of hydrogen-bond acceptors (Lipinski definition) is 4. The van der Waals surface area contributed by atoms with Gasteiger partial charge in [-0.3, -0.25) is 9.69 Å². The van der Waals surface area contributed by atoms with Gasteiger partial charge in [-0.15, -0.1) is 11.8 Å². The number of anilines is 1. The van der Waals surface area contributed by atoms with Crippen molar-refractivity contribution < 1.29 is 14.3 Å². The highest BCUT2D eigenvalue weighted by Gasteiger charge is 2.34. The summed E-state index contributed by atoms with van der Waals surface area (Å²) in [6.07, 6.45) is 0. The number of nitrogens with zero attached hydrogens (tertiary/aromatic N) is 1. The zero-order chi connectivity index (χ0) is 19.3. The number of methoxy groups -OCH3 is 1. The van der Waals surface area contributed by atoms with Gasteiger partial charge in [0, 0.05) is 11.8 Å². The minimum atomic E-state index is -0.0530. The molecule has 1 heterocycles. The molecule has 1 aliphatic heterocycles. The monoisotopic (exact) mass is 391 g/mol. The van der Waals surface area contributed by atoms with Crippen molar-refractivity contribution in [3.8, 4) is 11.5 Å². The van der Waals surface area contributed by atoms with Crippen molar-refractivity contribution in [1.29, 1.82) is 0 Å². The Morgan fingerprint density at radius 2 is 1.75 bits per heavy atom. The second-order valence-corrected chi connectivity index (χ2v) is 7.54. The molecule has 142 valence electrons. The van der Waals surface area contributed by atoms with Gasteiger partial charge in [-0.1, -0.05) is 48.5 Å². The summed E-state index contributed by atoms with van der Waals surface area (Å²) in [7, 11) is 1.63. The van der Waals surface area contributed by atoms with Crippen LogP contribution < -0.4 is 14.4 Å². The van der Waals surface area contributed by atoms with E-state index in [0.717, 1.165) is 28.3 Å². The zero-order valence-corrected chi connectivity index (χ0v) is 16.4. The lowest BCUT2D eigenvalue weighted by molar-refractivity contribution is -0.115. The van der Waals surface area contributed by atoms with Crippen LogP contribution in [0.15, 0.2) is 78.9 Å². The van der Waals surface area contributed by atoms with E-state index >= 15 is 0 Å². The van der Waals surface area contributed by atoms with Crippen molar-refractivity contribution in [2.24, 2.45) is 0 Å². The molecule has 0 spiro atoms. The zero-order valence-electron chi connectivity index (χ0n) is 15.6. The van der Waals surface area contributed by atoms with E-state index in [2.05, 4.69) is 0 Å². The molecule has 5 heteroatoms. The van der Waals surface area contributed by atoms with Gasteiger partial charge in [0.1, 0.15) is 23.5 Å². The lowest BCUT2D eigenvalue weighted by Crippen LogP contribution is -2.27. The largest absolute Gasteiger partial charge is 0.497 e. The SMILES string of the molecule is COc1cccc(N2C(=O)CS[C@@H]2c2ccc(OCc3ccccc3)cc2)c1. The quantitative estimate of drug-likeness (QED) is 0.589. The van der Waals surface area contributed by atoms with Crippen molar-refractivity contribution >= 4 is 23.4 Å². The van der Waals surface area contributed by atoms with Gasteiger partial charge in [-0.05, 0) is 35.4 Å². The lowest BCUT2D eigenvalue weighted by Gasteiger charge is -2.25. The number of benzene rings is 3. The van der Waals surface area contributed by atoms with Gasteiger partial charge >= 0.3 is 0 Å². The van der Waals surface area contributed by atoms with Crippen molar-refractivity contribution in [2.75, 3.05) is 17.8 Å². The molecule has 3 aromatic carbocycles. The Balaban J connectivity index is 1.50. The fourth-order valence-corrected chi connectivity index (χ4v) is 4.36. The Labute approximate surface area is 169 Å². The topological polar surface area (TPSA) is 38.8 Å². The summed E-state index contributed by atoms with van der Waals surface area (Å²) < 4.78 is 11.2. The van der Waals surface area contributed by atoms with Crippen molar-refractivity contribution in [1.82, 2.24) is 0 Å². The van der Waals surface area contributed by atoms with Crippen LogP contribution in [0, 0.1) is 0 Å². The first-order valence-corrected chi connectivity index (χ1v) is 10.1. The molecule has 1 atom stereocenters. The second-order valence-electron chi connectivity index (χ2n) is 6.47. The van der Waals surface area contributed by atoms with Gasteiger partial charge in [0.15, 0.2) is 0 Å². The Hall–Kier alpha value is -2.92. The fourth-order valence-electron chi connectivity index (χ4n) is 3.18. The third kappa shape index (κ3) is 3.99. The summed E-state index contributed by atoms with van der Waals surface area (Å²) in [5, 5.41) is -0.0530. The highest BCUT2D eigenvalue weighted by atomic mass is 32.2. The molecule has 0 aliphatic carbocycles. The van der Waals surface area contributed by atoms with Gasteiger partial charge in [0.05, 0.1) is 12.9 Å². The molecule has 1 fully saturated rings. The number of thioether (sulfide) groups is 1. The summed E-state index contributed by atoms with van der Waals surface area (Å²) in [5.74, 6) is 2.13. The van der Waals surface area contributed by atoms with Crippen LogP contribution in [0.1, 0.15) is 16.5 Å². The number of ether oxygens (including phenoxy) is 2. The minimum Gasteiger partial charge on any atom is -0.497 e. The summed E-state index contributed by atoms with van der Waals surface area (Å²) >= 11 is 1.63. The molecule has 0 N–H and O–H groups in total. The molecule has 3 aromatic rings. The number of carbonyl (C=O) groups is 1. The number of carbonyl (C=O) groups excluding carboxylic acids is 1. The maximum absolute atomic E-state index is 12.5. The average Bonchev–Trinajstić information content (AvgIpc) is 3.15. The van der Waals surface area contributed by atoms with Crippen LogP contribution in [0.5, 0.6) is 11.5 Å². The number of rotatable bonds is 6. The van der Waals surface area contributed by atoms with E-state index in [0.29, 0.717) is 12.4 Å². The molecule has 0 radical (unpaired) electrons. The Kier molecular flexibility index (Phi) is 5.53. The summed E-state index contributed by atoms with van der Waals surface area (Å²) in [4.78, 5) is 14.4. The predicted molar refractivity (Wildman–Crippen MR) is 113 cm³/mol. The van der Waals surface area contributed by atoms with E-state index in [1.54, 1.807) is 18.9 Å². The third-order valence-corrected chi connectivity index (χ3v) is 5.83. The Morgan fingerprint density at radius 3 is 2.50 bits per heavy atom. The molecule has 1 saturated heterocycles. The maximum Gasteiger partial charge on any atom is 0.238 e. The first-order chi connectivity index (χ1) is 13.7. The summed E-state index contributed by atoms with van der Waals surface area (Å²) in [6.45, 7) is 0.535. The molecular formula is C23H21NO3S. The van der Waals surface area contributed by atoms with Crippen LogP contribution in [0.2, 0.25) is 0 Å². The third-order valence-electron chi connectivity index (χ3n) is 4.61. The maximum atomic E-state index is 12.5. The number of hydrogen-bond donors (Lipinski definition) is 0. The minimum absolute atomic E-state index is 0.0530. The van der Waals surface area contributed by atoms with Crippen LogP contribution in [0.3, 0.4) is 0 Å². The van der Waals surface area contributed by atoms with Crippen LogP contribution in [-0.4, -0.2) is 18.8 Å². The van der Waals surface area contributed by atoms with Crippen molar-refractivity contribution in [2.45, 2.75) is 12.0 Å². The average molecular weight is 391 g/mol. The molecule has 1 amide bonds. The molecule has 0 saturated carbocycles. The van der Waals surface area contributed by atoms with Gasteiger partial charge in [0.2, 0.25) is 5.91 Å². The molecule has 0 bridgehead atoms. The molecule has 28 heavy (non-hydrogen) atoms.